The molecule has 2 rings (SSSR count). The van der Waals surface area contributed by atoms with E-state index in [4.69, 9.17) is 28.9 Å². The van der Waals surface area contributed by atoms with E-state index in [0.29, 0.717) is 0 Å². The second-order valence-electron chi connectivity index (χ2n) is 3.93. The Morgan fingerprint density at radius 1 is 1.26 bits per heavy atom. The number of rotatable bonds is 1. The summed E-state index contributed by atoms with van der Waals surface area (Å²) in [6.45, 7) is 0. The van der Waals surface area contributed by atoms with Gasteiger partial charge in [0.1, 0.15) is 5.84 Å². The molecule has 19 heavy (non-hydrogen) atoms. The second-order valence-corrected chi connectivity index (χ2v) is 4.74. The molecule has 0 bridgehead atoms. The highest BCUT2D eigenvalue weighted by Gasteiger charge is 2.62. The van der Waals surface area contributed by atoms with Crippen molar-refractivity contribution in [3.8, 4) is 0 Å². The van der Waals surface area contributed by atoms with Gasteiger partial charge in [-0.25, -0.2) is 4.39 Å². The molecule has 104 valence electrons. The van der Waals surface area contributed by atoms with Gasteiger partial charge in [0, 0.05) is 5.56 Å². The quantitative estimate of drug-likeness (QED) is 0.636. The summed E-state index contributed by atoms with van der Waals surface area (Å²) in [6.07, 6.45) is -5.53. The molecule has 0 saturated carbocycles. The van der Waals surface area contributed by atoms with Crippen molar-refractivity contribution in [1.29, 1.82) is 0 Å². The molecule has 1 aliphatic heterocycles. The molecule has 1 aromatic rings. The maximum Gasteiger partial charge on any atom is 0.435 e. The molecule has 1 heterocycles. The highest BCUT2D eigenvalue weighted by Crippen LogP contribution is 2.48. The monoisotopic (exact) mass is 316 g/mol. The highest BCUT2D eigenvalue weighted by atomic mass is 35.5. The van der Waals surface area contributed by atoms with Crippen molar-refractivity contribution in [2.75, 3.05) is 0 Å². The third kappa shape index (κ3) is 2.21. The first kappa shape index (κ1) is 14.2. The minimum absolute atomic E-state index is 0.325. The predicted molar refractivity (Wildman–Crippen MR) is 61.5 cm³/mol. The lowest BCUT2D eigenvalue weighted by molar-refractivity contribution is -0.275. The molecule has 0 spiro atoms. The van der Waals surface area contributed by atoms with Crippen molar-refractivity contribution >= 4 is 29.0 Å². The van der Waals surface area contributed by atoms with E-state index in [0.717, 1.165) is 12.1 Å². The number of nitrogens with two attached hydrogens (primary N) is 1. The van der Waals surface area contributed by atoms with Crippen LogP contribution in [0.15, 0.2) is 17.3 Å². The lowest BCUT2D eigenvalue weighted by Crippen LogP contribution is -2.43. The van der Waals surface area contributed by atoms with Gasteiger partial charge < -0.3 is 10.6 Å². The first-order valence-electron chi connectivity index (χ1n) is 4.89. The molecular formula is C10H6Cl2F4N2O. The third-order valence-corrected chi connectivity index (χ3v) is 3.21. The van der Waals surface area contributed by atoms with Gasteiger partial charge in [-0.3, -0.25) is 0 Å². The fraction of sp³-hybridized carbons (Fsp3) is 0.300. The minimum Gasteiger partial charge on any atom is -0.384 e. The molecule has 0 saturated heterocycles. The number of oxime groups is 1. The Labute approximate surface area is 114 Å². The Balaban J connectivity index is 2.59. The molecule has 0 amide bonds. The van der Waals surface area contributed by atoms with Crippen LogP contribution in [0.4, 0.5) is 17.6 Å². The number of hydrogen-bond donors (Lipinski definition) is 1. The van der Waals surface area contributed by atoms with Gasteiger partial charge in [0.25, 0.3) is 5.60 Å². The molecule has 1 aliphatic rings. The molecule has 2 N–H and O–H groups in total. The summed E-state index contributed by atoms with van der Waals surface area (Å²) >= 11 is 11.0. The SMILES string of the molecule is NC1=NOC(c2cc(Cl)c(F)c(Cl)c2)(C(F)(F)F)C1. The van der Waals surface area contributed by atoms with E-state index in [1.54, 1.807) is 0 Å². The molecule has 9 heteroatoms. The lowest BCUT2D eigenvalue weighted by atomic mass is 9.89. The van der Waals surface area contributed by atoms with Gasteiger partial charge >= 0.3 is 6.18 Å². The van der Waals surface area contributed by atoms with Crippen molar-refractivity contribution in [3.05, 3.63) is 33.6 Å². The van der Waals surface area contributed by atoms with Crippen LogP contribution in [0.2, 0.25) is 10.0 Å². The number of nitrogens with zero attached hydrogens (tertiary/aromatic N) is 1. The van der Waals surface area contributed by atoms with Gasteiger partial charge in [-0.1, -0.05) is 28.4 Å². The molecule has 0 aliphatic carbocycles. The Bertz CT molecular complexity index is 538. The average Bonchev–Trinajstić information content (AvgIpc) is 2.68. The maximum absolute atomic E-state index is 13.3. The van der Waals surface area contributed by atoms with E-state index >= 15 is 0 Å². The molecule has 0 radical (unpaired) electrons. The van der Waals surface area contributed by atoms with Crippen molar-refractivity contribution in [2.45, 2.75) is 18.2 Å². The van der Waals surface area contributed by atoms with Crippen LogP contribution in [-0.4, -0.2) is 12.0 Å². The zero-order valence-electron chi connectivity index (χ0n) is 9.06. The highest BCUT2D eigenvalue weighted by molar-refractivity contribution is 6.35. The smallest absolute Gasteiger partial charge is 0.384 e. The second kappa shape index (κ2) is 4.42. The summed E-state index contributed by atoms with van der Waals surface area (Å²) in [7, 11) is 0. The summed E-state index contributed by atoms with van der Waals surface area (Å²) in [5.41, 5.74) is 1.98. The summed E-state index contributed by atoms with van der Waals surface area (Å²) in [4.78, 5) is 4.45. The van der Waals surface area contributed by atoms with Crippen LogP contribution in [0.25, 0.3) is 0 Å². The van der Waals surface area contributed by atoms with Crippen molar-refractivity contribution in [1.82, 2.24) is 0 Å². The van der Waals surface area contributed by atoms with Gasteiger partial charge in [-0.05, 0) is 12.1 Å². The minimum atomic E-state index is -4.82. The van der Waals surface area contributed by atoms with E-state index in [2.05, 4.69) is 9.99 Å². The van der Waals surface area contributed by atoms with E-state index in [-0.39, 0.29) is 5.84 Å². The van der Waals surface area contributed by atoms with Gasteiger partial charge in [0.05, 0.1) is 16.5 Å². The normalized spacial score (nSPS) is 23.2. The van der Waals surface area contributed by atoms with Gasteiger partial charge in [-0.2, -0.15) is 13.2 Å². The van der Waals surface area contributed by atoms with Crippen molar-refractivity contribution in [2.24, 2.45) is 10.9 Å². The number of benzene rings is 1. The molecule has 1 atom stereocenters. The number of halogens is 6. The predicted octanol–water partition coefficient (Wildman–Crippen LogP) is 3.58. The van der Waals surface area contributed by atoms with Crippen LogP contribution in [0.1, 0.15) is 12.0 Å². The van der Waals surface area contributed by atoms with Crippen LogP contribution in [0.3, 0.4) is 0 Å². The summed E-state index contributed by atoms with van der Waals surface area (Å²) in [6, 6.07) is 1.59. The van der Waals surface area contributed by atoms with Crippen molar-refractivity contribution < 1.29 is 22.4 Å². The molecule has 3 nitrogen and oxygen atoms in total. The molecular weight excluding hydrogens is 311 g/mol. The summed E-state index contributed by atoms with van der Waals surface area (Å²) < 4.78 is 52.9. The van der Waals surface area contributed by atoms with E-state index in [1.807, 2.05) is 0 Å². The Morgan fingerprint density at radius 3 is 2.16 bits per heavy atom. The molecule has 0 aromatic heterocycles. The van der Waals surface area contributed by atoms with Crippen LogP contribution >= 0.6 is 23.2 Å². The summed E-state index contributed by atoms with van der Waals surface area (Å²) in [5.74, 6) is -1.33. The number of hydrogen-bond acceptors (Lipinski definition) is 3. The van der Waals surface area contributed by atoms with Crippen LogP contribution < -0.4 is 5.73 Å². The largest absolute Gasteiger partial charge is 0.435 e. The summed E-state index contributed by atoms with van der Waals surface area (Å²) in [5, 5.41) is 2.03. The van der Waals surface area contributed by atoms with E-state index in [9.17, 15) is 17.6 Å². The lowest BCUT2D eigenvalue weighted by Gasteiger charge is -2.29. The Hall–Kier alpha value is -1.21. The Kier molecular flexibility index (Phi) is 3.30. The van der Waals surface area contributed by atoms with Gasteiger partial charge in [0.15, 0.2) is 5.82 Å². The van der Waals surface area contributed by atoms with Gasteiger partial charge in [-0.15, -0.1) is 0 Å². The Morgan fingerprint density at radius 2 is 1.79 bits per heavy atom. The number of alkyl halides is 3. The molecule has 1 unspecified atom stereocenters. The molecule has 1 aromatic carbocycles. The van der Waals surface area contributed by atoms with Crippen molar-refractivity contribution in [3.63, 3.8) is 0 Å². The van der Waals surface area contributed by atoms with E-state index < -0.39 is 39.6 Å². The van der Waals surface area contributed by atoms with Crippen LogP contribution in [0.5, 0.6) is 0 Å². The fourth-order valence-electron chi connectivity index (χ4n) is 1.72. The standard InChI is InChI=1S/C10H6Cl2F4N2O/c11-5-1-4(2-6(12)8(5)13)9(10(14,15)16)3-7(17)18-19-9/h1-2H,3H2,(H2,17,18). The first-order valence-corrected chi connectivity index (χ1v) is 5.65. The maximum atomic E-state index is 13.3. The topological polar surface area (TPSA) is 47.6 Å². The average molecular weight is 317 g/mol. The third-order valence-electron chi connectivity index (χ3n) is 2.66. The zero-order valence-corrected chi connectivity index (χ0v) is 10.6. The van der Waals surface area contributed by atoms with Crippen LogP contribution in [0, 0.1) is 5.82 Å². The van der Waals surface area contributed by atoms with Crippen LogP contribution in [-0.2, 0) is 10.4 Å². The molecule has 0 fully saturated rings. The van der Waals surface area contributed by atoms with E-state index in [1.165, 1.54) is 0 Å². The first-order chi connectivity index (χ1) is 8.67. The zero-order chi connectivity index (χ0) is 14.4. The fourth-order valence-corrected chi connectivity index (χ4v) is 2.20. The number of amidine groups is 1. The van der Waals surface area contributed by atoms with Gasteiger partial charge in [0.2, 0.25) is 0 Å².